The summed E-state index contributed by atoms with van der Waals surface area (Å²) in [6.45, 7) is 0.793. The molecule has 0 unspecified atom stereocenters. The van der Waals surface area contributed by atoms with Crippen LogP contribution in [0.3, 0.4) is 0 Å². The zero-order chi connectivity index (χ0) is 19.2. The molecule has 0 saturated carbocycles. The molecular formula is C21H22N2O4. The second kappa shape index (κ2) is 8.51. The number of methoxy groups -OCH3 is 2. The van der Waals surface area contributed by atoms with Gasteiger partial charge in [-0.3, -0.25) is 14.5 Å². The van der Waals surface area contributed by atoms with Crippen molar-refractivity contribution in [1.82, 2.24) is 4.90 Å². The molecule has 0 fully saturated rings. The lowest BCUT2D eigenvalue weighted by Crippen LogP contribution is -2.33. The maximum absolute atomic E-state index is 13.0. The first-order valence-electron chi connectivity index (χ1n) is 8.71. The zero-order valence-corrected chi connectivity index (χ0v) is 15.4. The highest BCUT2D eigenvalue weighted by atomic mass is 16.5. The van der Waals surface area contributed by atoms with Gasteiger partial charge in [0.05, 0.1) is 12.7 Å². The van der Waals surface area contributed by atoms with Gasteiger partial charge < -0.3 is 14.8 Å². The highest BCUT2D eigenvalue weighted by molar-refractivity contribution is 6.36. The largest absolute Gasteiger partial charge is 0.497 e. The predicted octanol–water partition coefficient (Wildman–Crippen LogP) is 2.92. The van der Waals surface area contributed by atoms with Crippen LogP contribution in [0.5, 0.6) is 5.75 Å². The zero-order valence-electron chi connectivity index (χ0n) is 15.4. The van der Waals surface area contributed by atoms with Gasteiger partial charge in [-0.2, -0.15) is 0 Å². The summed E-state index contributed by atoms with van der Waals surface area (Å²) >= 11 is 0. The molecule has 0 atom stereocenters. The number of carbonyl (C=O) groups excluding carboxylic acids is 2. The Balaban J connectivity index is 1.97. The minimum absolute atomic E-state index is 0.275. The summed E-state index contributed by atoms with van der Waals surface area (Å²) < 4.78 is 10.3. The number of hydrogen-bond acceptors (Lipinski definition) is 5. The minimum Gasteiger partial charge on any atom is -0.497 e. The smallest absolute Gasteiger partial charge is 0.278 e. The fourth-order valence-corrected chi connectivity index (χ4v) is 2.98. The van der Waals surface area contributed by atoms with E-state index in [1.54, 1.807) is 20.3 Å². The molecule has 27 heavy (non-hydrogen) atoms. The number of rotatable bonds is 8. The first-order chi connectivity index (χ1) is 13.2. The van der Waals surface area contributed by atoms with Gasteiger partial charge in [-0.1, -0.05) is 36.4 Å². The summed E-state index contributed by atoms with van der Waals surface area (Å²) in [4.78, 5) is 27.2. The van der Waals surface area contributed by atoms with Crippen LogP contribution in [0.25, 0.3) is 5.57 Å². The van der Waals surface area contributed by atoms with E-state index in [4.69, 9.17) is 9.47 Å². The summed E-state index contributed by atoms with van der Waals surface area (Å²) in [5, 5.41) is 3.12. The van der Waals surface area contributed by atoms with E-state index in [9.17, 15) is 9.59 Å². The lowest BCUT2D eigenvalue weighted by molar-refractivity contribution is -0.136. The lowest BCUT2D eigenvalue weighted by atomic mass is 10.0. The summed E-state index contributed by atoms with van der Waals surface area (Å²) in [6, 6.07) is 16.5. The highest BCUT2D eigenvalue weighted by Gasteiger charge is 2.38. The van der Waals surface area contributed by atoms with Gasteiger partial charge in [-0.25, -0.2) is 0 Å². The van der Waals surface area contributed by atoms with Crippen molar-refractivity contribution < 1.29 is 19.1 Å². The van der Waals surface area contributed by atoms with E-state index in [1.807, 2.05) is 48.5 Å². The summed E-state index contributed by atoms with van der Waals surface area (Å²) in [6.07, 6.45) is 0.586. The van der Waals surface area contributed by atoms with E-state index in [1.165, 1.54) is 4.90 Å². The van der Waals surface area contributed by atoms with E-state index < -0.39 is 0 Å². The van der Waals surface area contributed by atoms with E-state index in [2.05, 4.69) is 5.32 Å². The second-order valence-electron chi connectivity index (χ2n) is 6.08. The molecule has 0 bridgehead atoms. The molecule has 0 aromatic heterocycles. The van der Waals surface area contributed by atoms with Crippen LogP contribution >= 0.6 is 0 Å². The molecule has 0 radical (unpaired) electrons. The maximum Gasteiger partial charge on any atom is 0.278 e. The van der Waals surface area contributed by atoms with Gasteiger partial charge in [-0.15, -0.1) is 0 Å². The van der Waals surface area contributed by atoms with Crippen molar-refractivity contribution >= 4 is 23.1 Å². The van der Waals surface area contributed by atoms with Crippen LogP contribution in [0.1, 0.15) is 12.0 Å². The van der Waals surface area contributed by atoms with Crippen molar-refractivity contribution in [2.45, 2.75) is 6.42 Å². The topological polar surface area (TPSA) is 67.9 Å². The molecule has 6 heteroatoms. The Morgan fingerprint density at radius 2 is 1.74 bits per heavy atom. The Bertz CT molecular complexity index is 861. The van der Waals surface area contributed by atoms with Crippen LogP contribution in [0.4, 0.5) is 5.69 Å². The van der Waals surface area contributed by atoms with Crippen LogP contribution in [0.2, 0.25) is 0 Å². The predicted molar refractivity (Wildman–Crippen MR) is 103 cm³/mol. The molecule has 2 amide bonds. The number of nitrogens with one attached hydrogen (secondary N) is 1. The monoisotopic (exact) mass is 366 g/mol. The first-order valence-corrected chi connectivity index (χ1v) is 8.71. The highest BCUT2D eigenvalue weighted by Crippen LogP contribution is 2.31. The van der Waals surface area contributed by atoms with Gasteiger partial charge in [-0.05, 0) is 24.1 Å². The molecule has 1 aliphatic heterocycles. The number of nitrogens with zero attached hydrogens (tertiary/aromatic N) is 1. The molecule has 1 heterocycles. The molecular weight excluding hydrogens is 344 g/mol. The van der Waals surface area contributed by atoms with E-state index >= 15 is 0 Å². The van der Waals surface area contributed by atoms with Crippen molar-refractivity contribution in [1.29, 1.82) is 0 Å². The molecule has 3 rings (SSSR count). The number of carbonyl (C=O) groups is 2. The molecule has 2 aromatic carbocycles. The molecule has 2 aromatic rings. The van der Waals surface area contributed by atoms with Gasteiger partial charge in [0.1, 0.15) is 11.4 Å². The van der Waals surface area contributed by atoms with Crippen molar-refractivity contribution in [3.63, 3.8) is 0 Å². The number of amides is 2. The van der Waals surface area contributed by atoms with Crippen molar-refractivity contribution in [2.24, 2.45) is 0 Å². The van der Waals surface area contributed by atoms with Crippen LogP contribution < -0.4 is 10.1 Å². The number of anilines is 1. The second-order valence-corrected chi connectivity index (χ2v) is 6.08. The van der Waals surface area contributed by atoms with Gasteiger partial charge >= 0.3 is 0 Å². The van der Waals surface area contributed by atoms with Crippen LogP contribution in [0.15, 0.2) is 60.3 Å². The van der Waals surface area contributed by atoms with Gasteiger partial charge in [0.15, 0.2) is 0 Å². The fourth-order valence-electron chi connectivity index (χ4n) is 2.98. The Morgan fingerprint density at radius 3 is 2.44 bits per heavy atom. The third kappa shape index (κ3) is 4.01. The first kappa shape index (κ1) is 18.7. The van der Waals surface area contributed by atoms with Crippen LogP contribution in [0, 0.1) is 0 Å². The third-order valence-electron chi connectivity index (χ3n) is 4.30. The van der Waals surface area contributed by atoms with Crippen molar-refractivity contribution in [2.75, 3.05) is 32.7 Å². The lowest BCUT2D eigenvalue weighted by Gasteiger charge is -2.15. The average Bonchev–Trinajstić information content (AvgIpc) is 2.93. The van der Waals surface area contributed by atoms with E-state index in [-0.39, 0.29) is 17.5 Å². The third-order valence-corrected chi connectivity index (χ3v) is 4.30. The van der Waals surface area contributed by atoms with E-state index in [0.717, 1.165) is 0 Å². The molecule has 0 saturated heterocycles. The van der Waals surface area contributed by atoms with Crippen molar-refractivity contribution in [3.8, 4) is 5.75 Å². The van der Waals surface area contributed by atoms with Gasteiger partial charge in [0.2, 0.25) is 0 Å². The average molecular weight is 366 g/mol. The number of imide groups is 1. The molecule has 6 nitrogen and oxygen atoms in total. The Labute approximate surface area is 158 Å². The van der Waals surface area contributed by atoms with Gasteiger partial charge in [0.25, 0.3) is 11.8 Å². The molecule has 1 aliphatic rings. The summed E-state index contributed by atoms with van der Waals surface area (Å²) in [7, 11) is 3.17. The normalized spacial score (nSPS) is 14.1. The molecule has 1 N–H and O–H groups in total. The Kier molecular flexibility index (Phi) is 5.88. The number of benzene rings is 2. The number of hydrogen-bond donors (Lipinski definition) is 1. The fraction of sp³-hybridized carbons (Fsp3) is 0.238. The molecule has 140 valence electrons. The minimum atomic E-state index is -0.335. The maximum atomic E-state index is 13.0. The summed E-state index contributed by atoms with van der Waals surface area (Å²) in [5.41, 5.74) is 2.03. The van der Waals surface area contributed by atoms with Crippen molar-refractivity contribution in [3.05, 3.63) is 65.9 Å². The molecule has 0 aliphatic carbocycles. The molecule has 0 spiro atoms. The van der Waals surface area contributed by atoms with Crippen LogP contribution in [-0.4, -0.2) is 44.1 Å². The van der Waals surface area contributed by atoms with E-state index in [0.29, 0.717) is 42.1 Å². The Hall–Kier alpha value is -3.12. The number of ether oxygens (including phenoxy) is 2. The quantitative estimate of drug-likeness (QED) is 0.575. The Morgan fingerprint density at radius 1 is 0.963 bits per heavy atom. The SMILES string of the molecule is COCCCN1C(=O)C(Nc2cccc(OC)c2)=C(c2ccccc2)C1=O. The van der Waals surface area contributed by atoms with Gasteiger partial charge in [0, 0.05) is 32.0 Å². The summed E-state index contributed by atoms with van der Waals surface area (Å²) in [5.74, 6) is 0.0288. The van der Waals surface area contributed by atoms with Crippen LogP contribution in [-0.2, 0) is 14.3 Å². The standard InChI is InChI=1S/C21H22N2O4/c1-26-13-7-12-23-20(24)18(15-8-4-3-5-9-15)19(21(23)25)22-16-10-6-11-17(14-16)27-2/h3-6,8-11,14,22H,7,12-13H2,1-2H3.